The van der Waals surface area contributed by atoms with Crippen LogP contribution < -0.4 is 16.6 Å². The third kappa shape index (κ3) is 5.68. The fourth-order valence-electron chi connectivity index (χ4n) is 4.43. The van der Waals surface area contributed by atoms with Crippen LogP contribution in [0.15, 0.2) is 65.5 Å². The molecule has 1 aromatic heterocycles. The van der Waals surface area contributed by atoms with Crippen molar-refractivity contribution in [3.8, 4) is 11.3 Å². The zero-order valence-electron chi connectivity index (χ0n) is 20.1. The second-order valence-electron chi connectivity index (χ2n) is 8.93. The quantitative estimate of drug-likeness (QED) is 0.266. The van der Waals surface area contributed by atoms with Crippen LogP contribution in [0.25, 0.3) is 11.3 Å². The van der Waals surface area contributed by atoms with Crippen molar-refractivity contribution in [3.63, 3.8) is 0 Å². The van der Waals surface area contributed by atoms with Gasteiger partial charge in [0.1, 0.15) is 11.4 Å². The summed E-state index contributed by atoms with van der Waals surface area (Å²) >= 11 is 0. The molecule has 1 fully saturated rings. The van der Waals surface area contributed by atoms with Gasteiger partial charge in [-0.25, -0.2) is 4.68 Å². The highest BCUT2D eigenvalue weighted by atomic mass is 16.5. The van der Waals surface area contributed by atoms with Gasteiger partial charge in [-0.15, -0.1) is 0 Å². The molecule has 1 aliphatic rings. The van der Waals surface area contributed by atoms with Gasteiger partial charge in [0.2, 0.25) is 0 Å². The van der Waals surface area contributed by atoms with Crippen LogP contribution in [-0.4, -0.2) is 40.6 Å². The van der Waals surface area contributed by atoms with E-state index in [1.807, 2.05) is 30.3 Å². The first-order chi connectivity index (χ1) is 17.4. The van der Waals surface area contributed by atoms with Crippen LogP contribution in [0.1, 0.15) is 47.2 Å². The number of rotatable bonds is 7. The number of hydrogen-bond acceptors (Lipinski definition) is 6. The Bertz CT molecular complexity index is 1310. The molecule has 1 aliphatic carbocycles. The monoisotopic (exact) mass is 487 g/mol. The zero-order chi connectivity index (χ0) is 25.7. The SMILES string of the molecule is COC(=O)C1CCC(NC(=O)c2cc(-c3ccc(C(=N)N)cc3)nn(Cc3ccccc3)c2=O)CC1. The lowest BCUT2D eigenvalue weighted by atomic mass is 9.86. The van der Waals surface area contributed by atoms with E-state index in [1.54, 1.807) is 24.3 Å². The average molecular weight is 488 g/mol. The van der Waals surface area contributed by atoms with Crippen LogP contribution in [0.4, 0.5) is 0 Å². The first-order valence-electron chi connectivity index (χ1n) is 11.9. The number of nitrogens with zero attached hydrogens (tertiary/aromatic N) is 2. The minimum atomic E-state index is -0.483. The van der Waals surface area contributed by atoms with Crippen molar-refractivity contribution in [1.29, 1.82) is 5.41 Å². The van der Waals surface area contributed by atoms with E-state index in [4.69, 9.17) is 15.9 Å². The minimum absolute atomic E-state index is 0.00154. The van der Waals surface area contributed by atoms with E-state index >= 15 is 0 Å². The molecule has 0 unspecified atom stereocenters. The van der Waals surface area contributed by atoms with Gasteiger partial charge >= 0.3 is 5.97 Å². The van der Waals surface area contributed by atoms with Crippen molar-refractivity contribution < 1.29 is 14.3 Å². The van der Waals surface area contributed by atoms with Gasteiger partial charge < -0.3 is 15.8 Å². The third-order valence-corrected chi connectivity index (χ3v) is 6.48. The Morgan fingerprint density at radius 2 is 1.75 bits per heavy atom. The van der Waals surface area contributed by atoms with E-state index in [9.17, 15) is 14.4 Å². The van der Waals surface area contributed by atoms with Gasteiger partial charge in [-0.3, -0.25) is 19.8 Å². The fraction of sp³-hybridized carbons (Fsp3) is 0.296. The highest BCUT2D eigenvalue weighted by Gasteiger charge is 2.28. The molecule has 1 heterocycles. The zero-order valence-corrected chi connectivity index (χ0v) is 20.1. The second-order valence-corrected chi connectivity index (χ2v) is 8.93. The highest BCUT2D eigenvalue weighted by Crippen LogP contribution is 2.25. The average Bonchev–Trinajstić information content (AvgIpc) is 2.90. The number of amidine groups is 1. The maximum atomic E-state index is 13.3. The van der Waals surface area contributed by atoms with Crippen molar-refractivity contribution >= 4 is 17.7 Å². The molecule has 1 amide bonds. The largest absolute Gasteiger partial charge is 0.469 e. The molecule has 0 radical (unpaired) electrons. The number of amides is 1. The number of aromatic nitrogens is 2. The summed E-state index contributed by atoms with van der Waals surface area (Å²) in [4.78, 5) is 38.3. The van der Waals surface area contributed by atoms with Crippen LogP contribution >= 0.6 is 0 Å². The summed E-state index contributed by atoms with van der Waals surface area (Å²) in [6, 6.07) is 17.7. The molecule has 0 atom stereocenters. The lowest BCUT2D eigenvalue weighted by molar-refractivity contribution is -0.146. The topological polar surface area (TPSA) is 140 Å². The van der Waals surface area contributed by atoms with Crippen LogP contribution in [0, 0.1) is 11.3 Å². The summed E-state index contributed by atoms with van der Waals surface area (Å²) in [5.74, 6) is -0.896. The molecule has 0 spiro atoms. The number of ether oxygens (including phenoxy) is 1. The maximum absolute atomic E-state index is 13.3. The number of nitrogens with one attached hydrogen (secondary N) is 2. The fourth-order valence-corrected chi connectivity index (χ4v) is 4.43. The van der Waals surface area contributed by atoms with Gasteiger partial charge in [0.25, 0.3) is 11.5 Å². The van der Waals surface area contributed by atoms with Gasteiger partial charge in [0.05, 0.1) is 25.3 Å². The molecule has 1 saturated carbocycles. The van der Waals surface area contributed by atoms with Gasteiger partial charge in [-0.2, -0.15) is 5.10 Å². The summed E-state index contributed by atoms with van der Waals surface area (Å²) in [6.45, 7) is 0.212. The van der Waals surface area contributed by atoms with Gasteiger partial charge in [0.15, 0.2) is 0 Å². The Kier molecular flexibility index (Phi) is 7.58. The Balaban J connectivity index is 1.63. The first-order valence-corrected chi connectivity index (χ1v) is 11.9. The first kappa shape index (κ1) is 24.8. The predicted molar refractivity (Wildman–Crippen MR) is 136 cm³/mol. The lowest BCUT2D eigenvalue weighted by Crippen LogP contribution is -2.42. The van der Waals surface area contributed by atoms with Crippen molar-refractivity contribution in [2.45, 2.75) is 38.3 Å². The number of nitrogens with two attached hydrogens (primary N) is 1. The molecule has 4 rings (SSSR count). The number of nitrogen functional groups attached to an aromatic ring is 1. The van der Waals surface area contributed by atoms with E-state index < -0.39 is 11.5 Å². The number of esters is 1. The Morgan fingerprint density at radius 3 is 2.36 bits per heavy atom. The maximum Gasteiger partial charge on any atom is 0.308 e. The Hall–Kier alpha value is -4.27. The molecule has 9 heteroatoms. The number of carbonyl (C=O) groups is 2. The van der Waals surface area contributed by atoms with E-state index in [2.05, 4.69) is 10.4 Å². The second kappa shape index (κ2) is 11.0. The molecular weight excluding hydrogens is 458 g/mol. The van der Waals surface area contributed by atoms with Gasteiger partial charge in [0, 0.05) is 17.2 Å². The van der Waals surface area contributed by atoms with E-state index in [1.165, 1.54) is 17.9 Å². The van der Waals surface area contributed by atoms with Crippen LogP contribution in [0.2, 0.25) is 0 Å². The van der Waals surface area contributed by atoms with E-state index in [0.29, 0.717) is 42.5 Å². The molecular formula is C27H29N5O4. The molecule has 3 aromatic rings. The number of hydrogen-bond donors (Lipinski definition) is 3. The summed E-state index contributed by atoms with van der Waals surface area (Å²) in [7, 11) is 1.38. The summed E-state index contributed by atoms with van der Waals surface area (Å²) in [5, 5.41) is 15.1. The standard InChI is InChI=1S/C27H29N5O4/c1-36-27(35)20-11-13-21(14-12-20)30-25(33)22-15-23(18-7-9-19(10-8-18)24(28)29)31-32(26(22)34)16-17-5-3-2-4-6-17/h2-10,15,20-21H,11-14,16H2,1H3,(H3,28,29)(H,30,33). The predicted octanol–water partition coefficient (Wildman–Crippen LogP) is 2.70. The Morgan fingerprint density at radius 1 is 1.08 bits per heavy atom. The normalized spacial score (nSPS) is 17.2. The molecule has 4 N–H and O–H groups in total. The van der Waals surface area contributed by atoms with E-state index in [-0.39, 0.29) is 35.9 Å². The number of methoxy groups -OCH3 is 1. The van der Waals surface area contributed by atoms with Crippen molar-refractivity contribution in [2.24, 2.45) is 11.7 Å². The van der Waals surface area contributed by atoms with Crippen LogP contribution in [0.3, 0.4) is 0 Å². The molecule has 186 valence electrons. The molecule has 2 aromatic carbocycles. The lowest BCUT2D eigenvalue weighted by Gasteiger charge is -2.27. The summed E-state index contributed by atoms with van der Waals surface area (Å²) < 4.78 is 6.13. The third-order valence-electron chi connectivity index (χ3n) is 6.48. The van der Waals surface area contributed by atoms with Crippen molar-refractivity contribution in [2.75, 3.05) is 7.11 Å². The van der Waals surface area contributed by atoms with Crippen LogP contribution in [-0.2, 0) is 16.1 Å². The van der Waals surface area contributed by atoms with Gasteiger partial charge in [-0.05, 0) is 37.3 Å². The van der Waals surface area contributed by atoms with Crippen LogP contribution in [0.5, 0.6) is 0 Å². The van der Waals surface area contributed by atoms with E-state index in [0.717, 1.165) is 5.56 Å². The van der Waals surface area contributed by atoms with Gasteiger partial charge in [-0.1, -0.05) is 54.6 Å². The molecule has 0 aliphatic heterocycles. The summed E-state index contributed by atoms with van der Waals surface area (Å²) in [5.41, 5.74) is 7.67. The summed E-state index contributed by atoms with van der Waals surface area (Å²) in [6.07, 6.45) is 2.52. The molecule has 0 bridgehead atoms. The number of benzene rings is 2. The Labute approximate surface area is 208 Å². The molecule has 9 nitrogen and oxygen atoms in total. The smallest absolute Gasteiger partial charge is 0.308 e. The van der Waals surface area contributed by atoms with Crippen molar-refractivity contribution in [3.05, 3.63) is 87.7 Å². The number of carbonyl (C=O) groups excluding carboxylic acids is 2. The van der Waals surface area contributed by atoms with Crippen molar-refractivity contribution in [1.82, 2.24) is 15.1 Å². The molecule has 36 heavy (non-hydrogen) atoms. The molecule has 0 saturated heterocycles. The minimum Gasteiger partial charge on any atom is -0.469 e. The highest BCUT2D eigenvalue weighted by molar-refractivity contribution is 5.96.